The van der Waals surface area contributed by atoms with Crippen LogP contribution in [0.2, 0.25) is 0 Å². The van der Waals surface area contributed by atoms with Gasteiger partial charge in [-0.1, -0.05) is 20.8 Å². The van der Waals surface area contributed by atoms with Crippen molar-refractivity contribution in [2.45, 2.75) is 32.6 Å². The number of hydrogen-bond acceptors (Lipinski definition) is 2. The molecular weight excluding hydrogens is 236 g/mol. The van der Waals surface area contributed by atoms with Crippen molar-refractivity contribution < 1.29 is 4.79 Å². The predicted molar refractivity (Wildman–Crippen MR) is 70.3 cm³/mol. The molecule has 0 bridgehead atoms. The van der Waals surface area contributed by atoms with E-state index in [4.69, 9.17) is 11.6 Å². The molecule has 1 unspecified atom stereocenters. The summed E-state index contributed by atoms with van der Waals surface area (Å²) < 4.78 is 0. The van der Waals surface area contributed by atoms with E-state index in [1.54, 1.807) is 24.5 Å². The smallest absolute Gasteiger partial charge is 0.251 e. The number of alkyl halides is 1. The van der Waals surface area contributed by atoms with Gasteiger partial charge < -0.3 is 5.32 Å². The van der Waals surface area contributed by atoms with Crippen molar-refractivity contribution in [1.82, 2.24) is 10.3 Å². The van der Waals surface area contributed by atoms with Crippen LogP contribution in [0.25, 0.3) is 0 Å². The summed E-state index contributed by atoms with van der Waals surface area (Å²) in [6, 6.07) is 3.37. The minimum atomic E-state index is -0.105. The lowest BCUT2D eigenvalue weighted by molar-refractivity contribution is 0.0952. The number of nitrogens with one attached hydrogen (secondary N) is 1. The van der Waals surface area contributed by atoms with E-state index in [9.17, 15) is 4.79 Å². The number of rotatable bonds is 4. The second-order valence-electron chi connectivity index (χ2n) is 5.31. The van der Waals surface area contributed by atoms with Gasteiger partial charge in [-0.15, -0.1) is 11.6 Å². The zero-order valence-corrected chi connectivity index (χ0v) is 11.3. The van der Waals surface area contributed by atoms with E-state index in [1.807, 2.05) is 0 Å². The first-order chi connectivity index (χ1) is 7.88. The Bertz CT molecular complexity index is 359. The van der Waals surface area contributed by atoms with Gasteiger partial charge in [-0.2, -0.15) is 0 Å². The minimum absolute atomic E-state index is 0.0409. The molecule has 0 aliphatic heterocycles. The first kappa shape index (κ1) is 14.0. The number of aromatic nitrogens is 1. The van der Waals surface area contributed by atoms with Crippen molar-refractivity contribution in [2.75, 3.05) is 6.54 Å². The third-order valence-electron chi connectivity index (χ3n) is 2.26. The molecule has 3 nitrogen and oxygen atoms in total. The van der Waals surface area contributed by atoms with Crippen molar-refractivity contribution in [1.29, 1.82) is 0 Å². The summed E-state index contributed by atoms with van der Waals surface area (Å²) in [5, 5.41) is 2.78. The number of nitrogens with zero attached hydrogens (tertiary/aromatic N) is 1. The highest BCUT2D eigenvalue weighted by atomic mass is 35.5. The van der Waals surface area contributed by atoms with Crippen molar-refractivity contribution in [3.63, 3.8) is 0 Å². The van der Waals surface area contributed by atoms with Crippen LogP contribution < -0.4 is 5.32 Å². The van der Waals surface area contributed by atoms with Gasteiger partial charge in [-0.05, 0) is 24.0 Å². The second kappa shape index (κ2) is 6.01. The average Bonchev–Trinajstić information content (AvgIpc) is 2.25. The summed E-state index contributed by atoms with van der Waals surface area (Å²) in [4.78, 5) is 15.6. The molecule has 1 atom stereocenters. The van der Waals surface area contributed by atoms with Crippen LogP contribution in [0.3, 0.4) is 0 Å². The first-order valence-corrected chi connectivity index (χ1v) is 6.14. The molecule has 0 radical (unpaired) electrons. The van der Waals surface area contributed by atoms with E-state index in [2.05, 4.69) is 31.1 Å². The molecule has 0 spiro atoms. The third-order valence-corrected chi connectivity index (χ3v) is 2.57. The third kappa shape index (κ3) is 5.68. The number of carbonyl (C=O) groups is 1. The summed E-state index contributed by atoms with van der Waals surface area (Å²) in [5.74, 6) is -0.105. The highest BCUT2D eigenvalue weighted by Gasteiger charge is 2.17. The average molecular weight is 255 g/mol. The van der Waals surface area contributed by atoms with E-state index in [0.29, 0.717) is 12.1 Å². The van der Waals surface area contributed by atoms with Gasteiger partial charge in [0, 0.05) is 24.5 Å². The van der Waals surface area contributed by atoms with Gasteiger partial charge in [-0.25, -0.2) is 0 Å². The van der Waals surface area contributed by atoms with Crippen molar-refractivity contribution in [3.8, 4) is 0 Å². The van der Waals surface area contributed by atoms with Crippen molar-refractivity contribution >= 4 is 17.5 Å². The van der Waals surface area contributed by atoms with Crippen LogP contribution >= 0.6 is 11.6 Å². The monoisotopic (exact) mass is 254 g/mol. The Kier molecular flexibility index (Phi) is 4.94. The van der Waals surface area contributed by atoms with E-state index < -0.39 is 0 Å². The molecule has 0 aliphatic carbocycles. The van der Waals surface area contributed by atoms with Crippen LogP contribution in [-0.2, 0) is 0 Å². The molecule has 0 aliphatic rings. The van der Waals surface area contributed by atoms with Gasteiger partial charge in [0.05, 0.1) is 5.38 Å². The number of amides is 1. The summed E-state index contributed by atoms with van der Waals surface area (Å²) in [7, 11) is 0. The largest absolute Gasteiger partial charge is 0.351 e. The normalized spacial score (nSPS) is 13.2. The van der Waals surface area contributed by atoms with Crippen LogP contribution in [0.1, 0.15) is 37.6 Å². The maximum absolute atomic E-state index is 11.7. The SMILES string of the molecule is CC(C)(C)CC(Cl)CNC(=O)c1ccncc1. The highest BCUT2D eigenvalue weighted by molar-refractivity contribution is 6.21. The van der Waals surface area contributed by atoms with Crippen LogP contribution in [0.15, 0.2) is 24.5 Å². The minimum Gasteiger partial charge on any atom is -0.351 e. The quantitative estimate of drug-likeness (QED) is 0.840. The fraction of sp³-hybridized carbons (Fsp3) is 0.538. The number of hydrogen-bond donors (Lipinski definition) is 1. The second-order valence-corrected chi connectivity index (χ2v) is 5.93. The van der Waals surface area contributed by atoms with Crippen molar-refractivity contribution in [3.05, 3.63) is 30.1 Å². The van der Waals surface area contributed by atoms with Gasteiger partial charge in [0.25, 0.3) is 5.91 Å². The molecule has 1 aromatic rings. The number of halogens is 1. The highest BCUT2D eigenvalue weighted by Crippen LogP contribution is 2.23. The molecule has 94 valence electrons. The Morgan fingerprint density at radius 1 is 1.41 bits per heavy atom. The lowest BCUT2D eigenvalue weighted by Gasteiger charge is -2.21. The van der Waals surface area contributed by atoms with Crippen molar-refractivity contribution in [2.24, 2.45) is 5.41 Å². The number of pyridine rings is 1. The van der Waals surface area contributed by atoms with Gasteiger partial charge in [0.2, 0.25) is 0 Å². The van der Waals surface area contributed by atoms with E-state index in [1.165, 1.54) is 0 Å². The lowest BCUT2D eigenvalue weighted by Crippen LogP contribution is -2.31. The zero-order valence-electron chi connectivity index (χ0n) is 10.5. The maximum Gasteiger partial charge on any atom is 0.251 e. The fourth-order valence-electron chi connectivity index (χ4n) is 1.55. The molecule has 1 N–H and O–H groups in total. The molecule has 4 heteroatoms. The molecule has 1 rings (SSSR count). The molecule has 1 aromatic heterocycles. The Morgan fingerprint density at radius 3 is 2.53 bits per heavy atom. The Balaban J connectivity index is 2.39. The molecule has 1 amide bonds. The molecule has 17 heavy (non-hydrogen) atoms. The van der Waals surface area contributed by atoms with E-state index in [-0.39, 0.29) is 16.7 Å². The molecular formula is C13H19ClN2O. The van der Waals surface area contributed by atoms with E-state index in [0.717, 1.165) is 6.42 Å². The first-order valence-electron chi connectivity index (χ1n) is 5.71. The van der Waals surface area contributed by atoms with Crippen LogP contribution in [0.4, 0.5) is 0 Å². The Morgan fingerprint density at radius 2 is 2.00 bits per heavy atom. The topological polar surface area (TPSA) is 42.0 Å². The molecule has 1 heterocycles. The Hall–Kier alpha value is -1.09. The maximum atomic E-state index is 11.7. The lowest BCUT2D eigenvalue weighted by atomic mass is 9.90. The number of carbonyl (C=O) groups excluding carboxylic acids is 1. The molecule has 0 aromatic carbocycles. The van der Waals surface area contributed by atoms with E-state index >= 15 is 0 Å². The van der Waals surface area contributed by atoms with Gasteiger partial charge >= 0.3 is 0 Å². The summed E-state index contributed by atoms with van der Waals surface area (Å²) >= 11 is 6.17. The molecule has 0 saturated carbocycles. The van der Waals surface area contributed by atoms with Gasteiger partial charge in [-0.3, -0.25) is 9.78 Å². The Labute approximate surface area is 108 Å². The van der Waals surface area contributed by atoms with Gasteiger partial charge in [0.1, 0.15) is 0 Å². The van der Waals surface area contributed by atoms with Crippen LogP contribution in [0.5, 0.6) is 0 Å². The summed E-state index contributed by atoms with van der Waals surface area (Å²) in [6.07, 6.45) is 4.07. The van der Waals surface area contributed by atoms with Crippen LogP contribution in [0, 0.1) is 5.41 Å². The van der Waals surface area contributed by atoms with Gasteiger partial charge in [0.15, 0.2) is 0 Å². The molecule has 0 fully saturated rings. The van der Waals surface area contributed by atoms with Crippen LogP contribution in [-0.4, -0.2) is 22.8 Å². The predicted octanol–water partition coefficient (Wildman–Crippen LogP) is 2.86. The summed E-state index contributed by atoms with van der Waals surface area (Å²) in [6.45, 7) is 6.88. The summed E-state index contributed by atoms with van der Waals surface area (Å²) in [5.41, 5.74) is 0.785. The molecule has 0 saturated heterocycles. The zero-order chi connectivity index (χ0) is 12.9. The standard InChI is InChI=1S/C13H19ClN2O/c1-13(2,3)8-11(14)9-16-12(17)10-4-6-15-7-5-10/h4-7,11H,8-9H2,1-3H3,(H,16,17). The fourth-order valence-corrected chi connectivity index (χ4v) is 2.09.